The number of hydrogen-bond donors (Lipinski definition) is 1. The first-order valence-electron chi connectivity index (χ1n) is 4.93. The molecule has 0 aromatic carbocycles. The van der Waals surface area contributed by atoms with Crippen molar-refractivity contribution in [2.45, 2.75) is 26.2 Å². The van der Waals surface area contributed by atoms with Crippen LogP contribution in [-0.2, 0) is 12.8 Å². The van der Waals surface area contributed by atoms with Crippen LogP contribution in [0.15, 0.2) is 6.07 Å². The third-order valence-electron chi connectivity index (χ3n) is 2.94. The fourth-order valence-electron chi connectivity index (χ4n) is 2.11. The maximum atomic E-state index is 6.00. The second-order valence-electron chi connectivity index (χ2n) is 3.87. The predicted molar refractivity (Wildman–Crippen MR) is 60.8 cm³/mol. The first kappa shape index (κ1) is 8.24. The van der Waals surface area contributed by atoms with Crippen molar-refractivity contribution in [3.8, 4) is 0 Å². The number of pyridine rings is 1. The molecule has 0 unspecified atom stereocenters. The van der Waals surface area contributed by atoms with Crippen molar-refractivity contribution in [2.24, 2.45) is 0 Å². The summed E-state index contributed by atoms with van der Waals surface area (Å²) in [6, 6.07) is 2.24. The van der Waals surface area contributed by atoms with Crippen molar-refractivity contribution < 1.29 is 0 Å². The molecule has 3 heteroatoms. The summed E-state index contributed by atoms with van der Waals surface area (Å²) in [5.74, 6) is 0. The Morgan fingerprint density at radius 3 is 3.14 bits per heavy atom. The minimum Gasteiger partial charge on any atom is -0.397 e. The smallest absolute Gasteiger partial charge is 0.125 e. The van der Waals surface area contributed by atoms with Gasteiger partial charge in [-0.3, -0.25) is 0 Å². The van der Waals surface area contributed by atoms with Crippen LogP contribution in [-0.4, -0.2) is 4.98 Å². The van der Waals surface area contributed by atoms with Crippen molar-refractivity contribution in [2.75, 3.05) is 5.73 Å². The number of aromatic nitrogens is 1. The zero-order valence-electron chi connectivity index (χ0n) is 8.13. The highest BCUT2D eigenvalue weighted by molar-refractivity contribution is 7.19. The number of fused-ring (bicyclic) bond motifs is 2. The lowest BCUT2D eigenvalue weighted by Crippen LogP contribution is -1.89. The van der Waals surface area contributed by atoms with E-state index in [0.29, 0.717) is 0 Å². The predicted octanol–water partition coefficient (Wildman–Crippen LogP) is 2.68. The summed E-state index contributed by atoms with van der Waals surface area (Å²) >= 11 is 1.71. The zero-order chi connectivity index (χ0) is 9.71. The molecule has 3 rings (SSSR count). The molecule has 0 bridgehead atoms. The van der Waals surface area contributed by atoms with Gasteiger partial charge in [-0.15, -0.1) is 11.3 Å². The van der Waals surface area contributed by atoms with Crippen molar-refractivity contribution in [1.82, 2.24) is 4.98 Å². The second-order valence-corrected chi connectivity index (χ2v) is 5.08. The summed E-state index contributed by atoms with van der Waals surface area (Å²) in [4.78, 5) is 6.98. The van der Waals surface area contributed by atoms with Crippen LogP contribution in [0.1, 0.15) is 22.6 Å². The second kappa shape index (κ2) is 2.70. The van der Waals surface area contributed by atoms with Crippen LogP contribution in [0, 0.1) is 6.92 Å². The van der Waals surface area contributed by atoms with Crippen molar-refractivity contribution >= 4 is 27.2 Å². The molecule has 72 valence electrons. The molecular formula is C11H12N2S. The molecular weight excluding hydrogens is 192 g/mol. The molecule has 2 heterocycles. The number of anilines is 1. The van der Waals surface area contributed by atoms with Crippen molar-refractivity contribution in [1.29, 1.82) is 0 Å². The van der Waals surface area contributed by atoms with E-state index in [-0.39, 0.29) is 0 Å². The Kier molecular flexibility index (Phi) is 1.59. The lowest BCUT2D eigenvalue weighted by molar-refractivity contribution is 0.901. The highest BCUT2D eigenvalue weighted by Gasteiger charge is 2.16. The van der Waals surface area contributed by atoms with Crippen LogP contribution in [0.4, 0.5) is 5.69 Å². The first-order chi connectivity index (χ1) is 6.75. The molecule has 0 spiro atoms. The minimum atomic E-state index is 0.923. The van der Waals surface area contributed by atoms with Gasteiger partial charge in [-0.2, -0.15) is 0 Å². The zero-order valence-corrected chi connectivity index (χ0v) is 8.95. The van der Waals surface area contributed by atoms with Gasteiger partial charge >= 0.3 is 0 Å². The van der Waals surface area contributed by atoms with Gasteiger partial charge < -0.3 is 5.73 Å². The number of rotatable bonds is 0. The Hall–Kier alpha value is -1.09. The van der Waals surface area contributed by atoms with Gasteiger partial charge in [0, 0.05) is 16.0 Å². The van der Waals surface area contributed by atoms with Gasteiger partial charge in [-0.05, 0) is 37.8 Å². The number of hydrogen-bond acceptors (Lipinski definition) is 3. The number of nitrogens with two attached hydrogens (primary N) is 1. The van der Waals surface area contributed by atoms with Gasteiger partial charge in [0.2, 0.25) is 0 Å². The number of thiophene rings is 1. The molecule has 0 fully saturated rings. The summed E-state index contributed by atoms with van der Waals surface area (Å²) in [7, 11) is 0. The quantitative estimate of drug-likeness (QED) is 0.716. The molecule has 1 aliphatic carbocycles. The number of nitrogen functional groups attached to an aromatic ring is 1. The van der Waals surface area contributed by atoms with Gasteiger partial charge in [-0.1, -0.05) is 0 Å². The van der Waals surface area contributed by atoms with E-state index in [1.54, 1.807) is 11.3 Å². The van der Waals surface area contributed by atoms with E-state index >= 15 is 0 Å². The van der Waals surface area contributed by atoms with Crippen LogP contribution in [0.5, 0.6) is 0 Å². The number of nitrogens with zero attached hydrogens (tertiary/aromatic N) is 1. The molecule has 1 aliphatic rings. The van der Waals surface area contributed by atoms with Crippen LogP contribution >= 0.6 is 11.3 Å². The van der Waals surface area contributed by atoms with E-state index in [1.807, 2.05) is 0 Å². The molecule has 14 heavy (non-hydrogen) atoms. The van der Waals surface area contributed by atoms with Crippen LogP contribution < -0.4 is 5.73 Å². The first-order valence-corrected chi connectivity index (χ1v) is 5.75. The summed E-state index contributed by atoms with van der Waals surface area (Å²) in [6.07, 6.45) is 3.56. The third-order valence-corrected chi connectivity index (χ3v) is 3.97. The summed E-state index contributed by atoms with van der Waals surface area (Å²) in [5.41, 5.74) is 9.62. The molecule has 0 aliphatic heterocycles. The van der Waals surface area contributed by atoms with E-state index in [9.17, 15) is 0 Å². The standard InChI is InChI=1S/C11H12N2S/c1-6-10(12)8-5-7-3-2-4-9(7)13-11(8)14-6/h5H,2-4,12H2,1H3. The van der Waals surface area contributed by atoms with Gasteiger partial charge in [-0.25, -0.2) is 4.98 Å². The Balaban J connectivity index is 2.38. The highest BCUT2D eigenvalue weighted by Crippen LogP contribution is 2.34. The monoisotopic (exact) mass is 204 g/mol. The normalized spacial score (nSPS) is 14.9. The maximum Gasteiger partial charge on any atom is 0.125 e. The topological polar surface area (TPSA) is 38.9 Å². The molecule has 2 N–H and O–H groups in total. The fourth-order valence-corrected chi connectivity index (χ4v) is 3.06. The molecule has 0 atom stereocenters. The Labute approximate surface area is 86.8 Å². The minimum absolute atomic E-state index is 0.923. The molecule has 2 nitrogen and oxygen atoms in total. The van der Waals surface area contributed by atoms with Crippen LogP contribution in [0.3, 0.4) is 0 Å². The maximum absolute atomic E-state index is 6.00. The van der Waals surface area contributed by atoms with E-state index in [0.717, 1.165) is 22.3 Å². The van der Waals surface area contributed by atoms with Gasteiger partial charge in [0.05, 0.1) is 5.69 Å². The van der Waals surface area contributed by atoms with Gasteiger partial charge in [0.1, 0.15) is 4.83 Å². The average molecular weight is 204 g/mol. The molecule has 2 aromatic heterocycles. The van der Waals surface area contributed by atoms with Crippen LogP contribution in [0.2, 0.25) is 0 Å². The average Bonchev–Trinajstić information content (AvgIpc) is 2.70. The lowest BCUT2D eigenvalue weighted by atomic mass is 10.2. The van der Waals surface area contributed by atoms with Crippen molar-refractivity contribution in [3.63, 3.8) is 0 Å². The molecule has 0 saturated carbocycles. The third kappa shape index (κ3) is 0.989. The summed E-state index contributed by atoms with van der Waals surface area (Å²) in [5, 5.41) is 1.16. The van der Waals surface area contributed by atoms with Crippen molar-refractivity contribution in [3.05, 3.63) is 22.2 Å². The van der Waals surface area contributed by atoms with Gasteiger partial charge in [0.15, 0.2) is 0 Å². The Morgan fingerprint density at radius 1 is 1.43 bits per heavy atom. The largest absolute Gasteiger partial charge is 0.397 e. The molecule has 0 amide bonds. The molecule has 0 saturated heterocycles. The van der Waals surface area contributed by atoms with Gasteiger partial charge in [0.25, 0.3) is 0 Å². The summed E-state index contributed by atoms with van der Waals surface area (Å²) < 4.78 is 0. The Bertz CT molecular complexity index is 513. The van der Waals surface area contributed by atoms with E-state index < -0.39 is 0 Å². The Morgan fingerprint density at radius 2 is 2.29 bits per heavy atom. The summed E-state index contributed by atoms with van der Waals surface area (Å²) in [6.45, 7) is 2.06. The number of aryl methyl sites for hydroxylation is 3. The van der Waals surface area contributed by atoms with Crippen LogP contribution in [0.25, 0.3) is 10.2 Å². The lowest BCUT2D eigenvalue weighted by Gasteiger charge is -1.98. The molecule has 2 aromatic rings. The highest BCUT2D eigenvalue weighted by atomic mass is 32.1. The van der Waals surface area contributed by atoms with E-state index in [2.05, 4.69) is 18.0 Å². The fraction of sp³-hybridized carbons (Fsp3) is 0.364. The van der Waals surface area contributed by atoms with E-state index in [1.165, 1.54) is 29.0 Å². The van der Waals surface area contributed by atoms with E-state index in [4.69, 9.17) is 5.73 Å². The molecule has 0 radical (unpaired) electrons. The SMILES string of the molecule is Cc1sc2nc3c(cc2c1N)CCC3.